The van der Waals surface area contributed by atoms with E-state index in [-0.39, 0.29) is 0 Å². The first-order valence-electron chi connectivity index (χ1n) is 4.20. The molecule has 4 heteroatoms. The third-order valence-electron chi connectivity index (χ3n) is 2.39. The van der Waals surface area contributed by atoms with Crippen LogP contribution in [0, 0.1) is 0 Å². The predicted molar refractivity (Wildman–Crippen MR) is 46.7 cm³/mol. The van der Waals surface area contributed by atoms with E-state index in [1.807, 2.05) is 12.5 Å². The fourth-order valence-electron chi connectivity index (χ4n) is 1.66. The van der Waals surface area contributed by atoms with Crippen molar-refractivity contribution in [2.45, 2.75) is 12.6 Å². The highest BCUT2D eigenvalue weighted by molar-refractivity contribution is 5.02. The summed E-state index contributed by atoms with van der Waals surface area (Å²) in [4.78, 5) is 6.37. The third kappa shape index (κ3) is 1.13. The zero-order chi connectivity index (χ0) is 8.55. The van der Waals surface area contributed by atoms with Gasteiger partial charge in [0.15, 0.2) is 0 Å². The summed E-state index contributed by atoms with van der Waals surface area (Å²) in [6.45, 7) is 2.81. The molecule has 0 spiro atoms. The number of likely N-dealkylation sites (tertiary alicyclic amines) is 1. The molecule has 4 nitrogen and oxygen atoms in total. The number of likely N-dealkylation sites (N-methyl/N-ethyl adjacent to an activating group) is 1. The van der Waals surface area contributed by atoms with Crippen LogP contribution in [0.1, 0.15) is 11.7 Å². The lowest BCUT2D eigenvalue weighted by molar-refractivity contribution is 0.138. The molecule has 1 saturated heterocycles. The van der Waals surface area contributed by atoms with Gasteiger partial charge in [0.1, 0.15) is 0 Å². The molecule has 2 rings (SSSR count). The van der Waals surface area contributed by atoms with Crippen LogP contribution in [0.15, 0.2) is 12.5 Å². The van der Waals surface area contributed by atoms with Crippen molar-refractivity contribution in [2.24, 2.45) is 5.73 Å². The van der Waals surface area contributed by atoms with Crippen molar-refractivity contribution in [3.8, 4) is 0 Å². The summed E-state index contributed by atoms with van der Waals surface area (Å²) in [6.07, 6.45) is 3.72. The minimum Gasteiger partial charge on any atom is -0.328 e. The molecular formula is C8H14N4. The first-order chi connectivity index (χ1) is 5.81. The minimum absolute atomic E-state index is 0.584. The SMILES string of the molecule is CN1CC(n2cncc2CN)C1. The van der Waals surface area contributed by atoms with Crippen molar-refractivity contribution in [1.29, 1.82) is 0 Å². The maximum atomic E-state index is 5.57. The van der Waals surface area contributed by atoms with E-state index in [0.29, 0.717) is 12.6 Å². The third-order valence-corrected chi connectivity index (χ3v) is 2.39. The highest BCUT2D eigenvalue weighted by atomic mass is 15.3. The van der Waals surface area contributed by atoms with Crippen LogP contribution in [0.25, 0.3) is 0 Å². The van der Waals surface area contributed by atoms with E-state index in [9.17, 15) is 0 Å². The lowest BCUT2D eigenvalue weighted by Gasteiger charge is -2.37. The highest BCUT2D eigenvalue weighted by Gasteiger charge is 2.25. The Hall–Kier alpha value is -0.870. The summed E-state index contributed by atoms with van der Waals surface area (Å²) in [6, 6.07) is 0.594. The minimum atomic E-state index is 0.584. The van der Waals surface area contributed by atoms with Crippen molar-refractivity contribution < 1.29 is 0 Å². The topological polar surface area (TPSA) is 47.1 Å². The quantitative estimate of drug-likeness (QED) is 0.663. The molecule has 12 heavy (non-hydrogen) atoms. The standard InChI is InChI=1S/C8H14N4/c1-11-4-8(5-11)12-6-10-3-7(12)2-9/h3,6,8H,2,4-5,9H2,1H3. The molecular weight excluding hydrogens is 152 g/mol. The molecule has 66 valence electrons. The molecule has 0 aromatic carbocycles. The number of hydrogen-bond acceptors (Lipinski definition) is 3. The fraction of sp³-hybridized carbons (Fsp3) is 0.625. The smallest absolute Gasteiger partial charge is 0.0952 e. The monoisotopic (exact) mass is 166 g/mol. The predicted octanol–water partition coefficient (Wildman–Crippen LogP) is -0.172. The van der Waals surface area contributed by atoms with Gasteiger partial charge in [0, 0.05) is 25.8 Å². The Balaban J connectivity index is 2.12. The van der Waals surface area contributed by atoms with Crippen molar-refractivity contribution >= 4 is 0 Å². The van der Waals surface area contributed by atoms with E-state index in [2.05, 4.69) is 21.5 Å². The molecule has 2 N–H and O–H groups in total. The summed E-state index contributed by atoms with van der Waals surface area (Å²) >= 11 is 0. The molecule has 1 aromatic heterocycles. The zero-order valence-corrected chi connectivity index (χ0v) is 7.27. The number of imidazole rings is 1. The van der Waals surface area contributed by atoms with Crippen LogP contribution in [0.3, 0.4) is 0 Å². The lowest BCUT2D eigenvalue weighted by atomic mass is 10.1. The Morgan fingerprint density at radius 2 is 2.42 bits per heavy atom. The van der Waals surface area contributed by atoms with Gasteiger partial charge < -0.3 is 15.2 Å². The molecule has 0 amide bonds. The van der Waals surface area contributed by atoms with E-state index in [1.165, 1.54) is 0 Å². The van der Waals surface area contributed by atoms with Gasteiger partial charge in [-0.1, -0.05) is 0 Å². The van der Waals surface area contributed by atoms with Gasteiger partial charge in [0.2, 0.25) is 0 Å². The fourth-order valence-corrected chi connectivity index (χ4v) is 1.66. The lowest BCUT2D eigenvalue weighted by Crippen LogP contribution is -2.45. The number of hydrogen-bond donors (Lipinski definition) is 1. The Morgan fingerprint density at radius 3 is 3.00 bits per heavy atom. The Morgan fingerprint density at radius 1 is 1.67 bits per heavy atom. The Labute approximate surface area is 72.0 Å². The van der Waals surface area contributed by atoms with Gasteiger partial charge in [0.25, 0.3) is 0 Å². The van der Waals surface area contributed by atoms with Gasteiger partial charge >= 0.3 is 0 Å². The van der Waals surface area contributed by atoms with Gasteiger partial charge in [-0.05, 0) is 7.05 Å². The molecule has 0 atom stereocenters. The number of aromatic nitrogens is 2. The molecule has 0 aliphatic carbocycles. The second-order valence-corrected chi connectivity index (χ2v) is 3.37. The van der Waals surface area contributed by atoms with E-state index in [1.54, 1.807) is 0 Å². The van der Waals surface area contributed by atoms with Crippen LogP contribution in [0.2, 0.25) is 0 Å². The molecule has 2 heterocycles. The summed E-state index contributed by atoms with van der Waals surface area (Å²) in [5.41, 5.74) is 6.70. The van der Waals surface area contributed by atoms with Crippen LogP contribution in [0.5, 0.6) is 0 Å². The second-order valence-electron chi connectivity index (χ2n) is 3.37. The average molecular weight is 166 g/mol. The van der Waals surface area contributed by atoms with Crippen molar-refractivity contribution in [1.82, 2.24) is 14.5 Å². The summed E-state index contributed by atoms with van der Waals surface area (Å²) in [5.74, 6) is 0. The summed E-state index contributed by atoms with van der Waals surface area (Å²) < 4.78 is 2.18. The van der Waals surface area contributed by atoms with E-state index in [0.717, 1.165) is 18.8 Å². The zero-order valence-electron chi connectivity index (χ0n) is 7.27. The van der Waals surface area contributed by atoms with Gasteiger partial charge in [-0.2, -0.15) is 0 Å². The number of rotatable bonds is 2. The average Bonchev–Trinajstić information content (AvgIpc) is 2.45. The first kappa shape index (κ1) is 7.76. The number of nitrogens with zero attached hydrogens (tertiary/aromatic N) is 3. The normalized spacial score (nSPS) is 19.5. The molecule has 0 radical (unpaired) electrons. The van der Waals surface area contributed by atoms with Crippen LogP contribution in [-0.2, 0) is 6.54 Å². The largest absolute Gasteiger partial charge is 0.328 e. The van der Waals surface area contributed by atoms with Crippen molar-refractivity contribution in [3.05, 3.63) is 18.2 Å². The Kier molecular flexibility index (Phi) is 1.86. The van der Waals surface area contributed by atoms with Crippen LogP contribution >= 0.6 is 0 Å². The molecule has 0 bridgehead atoms. The van der Waals surface area contributed by atoms with E-state index in [4.69, 9.17) is 5.73 Å². The molecule has 0 saturated carbocycles. The molecule has 1 aliphatic rings. The van der Waals surface area contributed by atoms with Gasteiger partial charge in [-0.3, -0.25) is 0 Å². The molecule has 0 unspecified atom stereocenters. The Bertz CT molecular complexity index is 262. The van der Waals surface area contributed by atoms with Crippen molar-refractivity contribution in [2.75, 3.05) is 20.1 Å². The van der Waals surface area contributed by atoms with Gasteiger partial charge in [-0.25, -0.2) is 4.98 Å². The summed E-state index contributed by atoms with van der Waals surface area (Å²) in [7, 11) is 2.12. The molecule has 1 aromatic rings. The second kappa shape index (κ2) is 2.88. The van der Waals surface area contributed by atoms with E-state index >= 15 is 0 Å². The maximum absolute atomic E-state index is 5.57. The molecule has 1 fully saturated rings. The van der Waals surface area contributed by atoms with Crippen LogP contribution in [0.4, 0.5) is 0 Å². The maximum Gasteiger partial charge on any atom is 0.0952 e. The first-order valence-corrected chi connectivity index (χ1v) is 4.20. The van der Waals surface area contributed by atoms with Gasteiger partial charge in [0.05, 0.1) is 18.1 Å². The molecule has 1 aliphatic heterocycles. The van der Waals surface area contributed by atoms with E-state index < -0.39 is 0 Å². The summed E-state index contributed by atoms with van der Waals surface area (Å²) in [5, 5.41) is 0. The van der Waals surface area contributed by atoms with Crippen LogP contribution < -0.4 is 5.73 Å². The highest BCUT2D eigenvalue weighted by Crippen LogP contribution is 2.20. The van der Waals surface area contributed by atoms with Crippen molar-refractivity contribution in [3.63, 3.8) is 0 Å². The van der Waals surface area contributed by atoms with Crippen LogP contribution in [-0.4, -0.2) is 34.6 Å². The van der Waals surface area contributed by atoms with Gasteiger partial charge in [-0.15, -0.1) is 0 Å². The number of nitrogens with two attached hydrogens (primary N) is 1.